The maximum Gasteiger partial charge on any atom is 0.129 e. The van der Waals surface area contributed by atoms with Crippen LogP contribution in [-0.2, 0) is 13.2 Å². The van der Waals surface area contributed by atoms with E-state index < -0.39 is 0 Å². The van der Waals surface area contributed by atoms with E-state index in [1.54, 1.807) is 0 Å². The third-order valence-corrected chi connectivity index (χ3v) is 6.51. The van der Waals surface area contributed by atoms with Gasteiger partial charge in [0.05, 0.1) is 11.6 Å². The zero-order valence-corrected chi connectivity index (χ0v) is 17.8. The molecule has 152 valence electrons. The maximum absolute atomic E-state index is 6.33. The van der Waals surface area contributed by atoms with Gasteiger partial charge in [0, 0.05) is 10.6 Å². The molecule has 1 saturated carbocycles. The van der Waals surface area contributed by atoms with Crippen molar-refractivity contribution in [3.63, 3.8) is 0 Å². The van der Waals surface area contributed by atoms with Gasteiger partial charge in [0.25, 0.3) is 0 Å². The van der Waals surface area contributed by atoms with E-state index in [1.165, 1.54) is 61.3 Å². The second-order valence-electron chi connectivity index (χ2n) is 8.19. The molecule has 0 aromatic heterocycles. The molecular weight excluding hydrogens is 378 g/mol. The SMILES string of the molecule is Clc1ccccc1COc1ccc2ccccc2c1C[NH2+]C1CCCCCCC1. The van der Waals surface area contributed by atoms with Gasteiger partial charge < -0.3 is 10.1 Å². The van der Waals surface area contributed by atoms with Crippen molar-refractivity contribution in [1.82, 2.24) is 0 Å². The molecule has 0 heterocycles. The van der Waals surface area contributed by atoms with E-state index in [-0.39, 0.29) is 0 Å². The van der Waals surface area contributed by atoms with Crippen LogP contribution in [-0.4, -0.2) is 6.04 Å². The van der Waals surface area contributed by atoms with Crippen LogP contribution in [0.1, 0.15) is 56.1 Å². The Morgan fingerprint density at radius 1 is 0.828 bits per heavy atom. The Hall–Kier alpha value is -2.03. The smallest absolute Gasteiger partial charge is 0.129 e. The zero-order valence-electron chi connectivity index (χ0n) is 17.1. The van der Waals surface area contributed by atoms with Crippen molar-refractivity contribution in [2.45, 2.75) is 64.1 Å². The van der Waals surface area contributed by atoms with Gasteiger partial charge in [-0.3, -0.25) is 0 Å². The molecule has 29 heavy (non-hydrogen) atoms. The zero-order chi connectivity index (χ0) is 19.9. The van der Waals surface area contributed by atoms with Crippen molar-refractivity contribution in [3.8, 4) is 5.75 Å². The number of nitrogens with two attached hydrogens (primary N) is 1. The molecule has 0 aliphatic heterocycles. The minimum Gasteiger partial charge on any atom is -0.488 e. The quantitative estimate of drug-likeness (QED) is 0.512. The van der Waals surface area contributed by atoms with Crippen LogP contribution in [0.2, 0.25) is 5.02 Å². The second-order valence-corrected chi connectivity index (χ2v) is 8.60. The summed E-state index contributed by atoms with van der Waals surface area (Å²) in [5, 5.41) is 5.89. The molecule has 1 fully saturated rings. The third kappa shape index (κ3) is 5.32. The van der Waals surface area contributed by atoms with Crippen LogP contribution in [0, 0.1) is 0 Å². The van der Waals surface area contributed by atoms with Gasteiger partial charge >= 0.3 is 0 Å². The molecule has 0 atom stereocenters. The first-order valence-electron chi connectivity index (χ1n) is 11.0. The molecule has 2 N–H and O–H groups in total. The van der Waals surface area contributed by atoms with Crippen LogP contribution in [0.5, 0.6) is 5.75 Å². The van der Waals surface area contributed by atoms with E-state index in [4.69, 9.17) is 16.3 Å². The van der Waals surface area contributed by atoms with Gasteiger partial charge in [-0.15, -0.1) is 0 Å². The minimum atomic E-state index is 0.494. The maximum atomic E-state index is 6.33. The number of fused-ring (bicyclic) bond motifs is 1. The topological polar surface area (TPSA) is 25.8 Å². The monoisotopic (exact) mass is 408 g/mol. The van der Waals surface area contributed by atoms with Crippen molar-refractivity contribution in [1.29, 1.82) is 0 Å². The first kappa shape index (κ1) is 20.3. The molecule has 0 spiro atoms. The Morgan fingerprint density at radius 3 is 2.38 bits per heavy atom. The molecule has 3 aromatic rings. The van der Waals surface area contributed by atoms with Crippen molar-refractivity contribution in [3.05, 3.63) is 76.8 Å². The van der Waals surface area contributed by atoms with Gasteiger partial charge in [-0.25, -0.2) is 0 Å². The lowest BCUT2D eigenvalue weighted by atomic mass is 9.96. The van der Waals surface area contributed by atoms with Crippen molar-refractivity contribution >= 4 is 22.4 Å². The molecule has 0 saturated heterocycles. The summed E-state index contributed by atoms with van der Waals surface area (Å²) in [5.41, 5.74) is 2.33. The van der Waals surface area contributed by atoms with Crippen LogP contribution < -0.4 is 10.1 Å². The fourth-order valence-electron chi connectivity index (χ4n) is 4.44. The first-order chi connectivity index (χ1) is 14.3. The average molecular weight is 409 g/mol. The number of quaternary nitrogens is 1. The lowest BCUT2D eigenvalue weighted by Gasteiger charge is -2.20. The summed E-state index contributed by atoms with van der Waals surface area (Å²) < 4.78 is 6.29. The summed E-state index contributed by atoms with van der Waals surface area (Å²) in [4.78, 5) is 0. The van der Waals surface area contributed by atoms with Gasteiger partial charge in [-0.05, 0) is 48.6 Å². The summed E-state index contributed by atoms with van der Waals surface area (Å²) in [5.74, 6) is 0.978. The predicted molar refractivity (Wildman–Crippen MR) is 121 cm³/mol. The summed E-state index contributed by atoms with van der Waals surface area (Å²) in [6.45, 7) is 1.46. The van der Waals surface area contributed by atoms with Crippen LogP contribution in [0.3, 0.4) is 0 Å². The average Bonchev–Trinajstić information content (AvgIpc) is 2.73. The highest BCUT2D eigenvalue weighted by Gasteiger charge is 2.17. The van der Waals surface area contributed by atoms with Gasteiger partial charge in [0.15, 0.2) is 0 Å². The van der Waals surface area contributed by atoms with E-state index >= 15 is 0 Å². The Morgan fingerprint density at radius 2 is 1.55 bits per heavy atom. The third-order valence-electron chi connectivity index (χ3n) is 6.14. The van der Waals surface area contributed by atoms with E-state index in [2.05, 4.69) is 41.7 Å². The molecule has 0 radical (unpaired) electrons. The van der Waals surface area contributed by atoms with Gasteiger partial charge in [0.1, 0.15) is 18.9 Å². The Bertz CT molecular complexity index is 931. The molecule has 3 heteroatoms. The number of benzene rings is 3. The summed E-state index contributed by atoms with van der Waals surface area (Å²) in [6.07, 6.45) is 9.60. The molecule has 1 aliphatic carbocycles. The van der Waals surface area contributed by atoms with E-state index in [0.717, 1.165) is 28.9 Å². The Labute approximate surface area is 179 Å². The first-order valence-corrected chi connectivity index (χ1v) is 11.4. The second kappa shape index (κ2) is 10.1. The van der Waals surface area contributed by atoms with E-state index in [0.29, 0.717) is 6.61 Å². The number of hydrogen-bond donors (Lipinski definition) is 1. The fourth-order valence-corrected chi connectivity index (χ4v) is 4.63. The number of halogens is 1. The normalized spacial score (nSPS) is 15.8. The minimum absolute atomic E-state index is 0.494. The number of rotatable bonds is 6. The highest BCUT2D eigenvalue weighted by Crippen LogP contribution is 2.29. The number of ether oxygens (including phenoxy) is 1. The Balaban J connectivity index is 1.54. The largest absolute Gasteiger partial charge is 0.488 e. The van der Waals surface area contributed by atoms with Gasteiger partial charge in [-0.2, -0.15) is 0 Å². The van der Waals surface area contributed by atoms with E-state index in [1.807, 2.05) is 24.3 Å². The lowest BCUT2D eigenvalue weighted by Crippen LogP contribution is -2.88. The molecule has 0 unspecified atom stereocenters. The lowest BCUT2D eigenvalue weighted by molar-refractivity contribution is -0.705. The van der Waals surface area contributed by atoms with Crippen LogP contribution in [0.25, 0.3) is 10.8 Å². The Kier molecular flexibility index (Phi) is 7.08. The van der Waals surface area contributed by atoms with Crippen molar-refractivity contribution in [2.24, 2.45) is 0 Å². The standard InChI is InChI=1S/C26H30ClNO/c27-25-15-9-7-11-21(25)19-29-26-17-16-20-10-6-8-14-23(20)24(26)18-28-22-12-4-2-1-3-5-13-22/h6-11,14-17,22,28H,1-5,12-13,18-19H2/p+1. The molecule has 0 bridgehead atoms. The molecule has 1 aliphatic rings. The molecule has 4 rings (SSSR count). The summed E-state index contributed by atoms with van der Waals surface area (Å²) in [7, 11) is 0. The highest BCUT2D eigenvalue weighted by atomic mass is 35.5. The van der Waals surface area contributed by atoms with Crippen molar-refractivity contribution < 1.29 is 10.1 Å². The van der Waals surface area contributed by atoms with Crippen LogP contribution >= 0.6 is 11.6 Å². The fraction of sp³-hybridized carbons (Fsp3) is 0.385. The molecule has 2 nitrogen and oxygen atoms in total. The van der Waals surface area contributed by atoms with Crippen molar-refractivity contribution in [2.75, 3.05) is 0 Å². The van der Waals surface area contributed by atoms with Gasteiger partial charge in [0.2, 0.25) is 0 Å². The van der Waals surface area contributed by atoms with Crippen LogP contribution in [0.15, 0.2) is 60.7 Å². The molecular formula is C26H31ClNO+. The molecule has 0 amide bonds. The molecule has 3 aromatic carbocycles. The van der Waals surface area contributed by atoms with E-state index in [9.17, 15) is 0 Å². The number of hydrogen-bond acceptors (Lipinski definition) is 1. The highest BCUT2D eigenvalue weighted by molar-refractivity contribution is 6.31. The van der Waals surface area contributed by atoms with Gasteiger partial charge in [-0.1, -0.05) is 79.4 Å². The summed E-state index contributed by atoms with van der Waals surface area (Å²) >= 11 is 6.33. The summed E-state index contributed by atoms with van der Waals surface area (Å²) in [6, 6.07) is 21.6. The predicted octanol–water partition coefficient (Wildman–Crippen LogP) is 6.25. The van der Waals surface area contributed by atoms with Crippen LogP contribution in [0.4, 0.5) is 0 Å².